The number of nitrogens with zero attached hydrogens (tertiary/aromatic N) is 5. The molecular weight excluding hydrogens is 396 g/mol. The van der Waals surface area contributed by atoms with E-state index in [0.29, 0.717) is 10.8 Å². The molecule has 0 bridgehead atoms. The first-order valence-electron chi connectivity index (χ1n) is 10.5. The quantitative estimate of drug-likeness (QED) is 0.611. The number of benzene rings is 1. The number of carbonyl (C=O) groups excluding carboxylic acids is 1. The molecule has 1 aliphatic rings. The molecule has 1 saturated heterocycles. The molecule has 0 spiro atoms. The third-order valence-corrected chi connectivity index (χ3v) is 6.54. The molecule has 1 amide bonds. The van der Waals surface area contributed by atoms with Gasteiger partial charge in [0.05, 0.1) is 0 Å². The van der Waals surface area contributed by atoms with Crippen LogP contribution in [0.1, 0.15) is 42.7 Å². The van der Waals surface area contributed by atoms with Gasteiger partial charge in [-0.3, -0.25) is 9.36 Å². The zero-order valence-electron chi connectivity index (χ0n) is 17.8. The van der Waals surface area contributed by atoms with Gasteiger partial charge in [0.2, 0.25) is 10.3 Å². The van der Waals surface area contributed by atoms with E-state index in [4.69, 9.17) is 0 Å². The molecule has 1 fully saturated rings. The third-order valence-electron chi connectivity index (χ3n) is 5.55. The molecule has 3 aromatic rings. The summed E-state index contributed by atoms with van der Waals surface area (Å²) in [6.07, 6.45) is 4.25. The Balaban J connectivity index is 1.52. The van der Waals surface area contributed by atoms with Crippen LogP contribution in [-0.2, 0) is 0 Å². The van der Waals surface area contributed by atoms with E-state index < -0.39 is 0 Å². The molecule has 3 heterocycles. The predicted molar refractivity (Wildman–Crippen MR) is 123 cm³/mol. The molecule has 158 valence electrons. The minimum atomic E-state index is -0.156. The standard InChI is InChI=1S/C22H28N6OS/c1-4-26(5-2)17-10-11-18(16(3)15-17)23-20(29)19-9-8-14-28(19)22-25-24-21(30-22)27-12-6-7-13-27/h8-11,14-15H,4-7,12-13H2,1-3H3,(H,23,29). The summed E-state index contributed by atoms with van der Waals surface area (Å²) >= 11 is 1.52. The second kappa shape index (κ2) is 8.87. The van der Waals surface area contributed by atoms with E-state index in [9.17, 15) is 4.79 Å². The van der Waals surface area contributed by atoms with Crippen molar-refractivity contribution < 1.29 is 4.79 Å². The molecule has 0 radical (unpaired) electrons. The van der Waals surface area contributed by atoms with Crippen molar-refractivity contribution >= 4 is 33.8 Å². The van der Waals surface area contributed by atoms with Gasteiger partial charge >= 0.3 is 0 Å². The van der Waals surface area contributed by atoms with Crippen molar-refractivity contribution in [3.8, 4) is 5.13 Å². The topological polar surface area (TPSA) is 66.3 Å². The first-order chi connectivity index (χ1) is 14.6. The van der Waals surface area contributed by atoms with E-state index in [-0.39, 0.29) is 5.91 Å². The number of carbonyl (C=O) groups is 1. The van der Waals surface area contributed by atoms with Crippen LogP contribution in [-0.4, -0.2) is 46.9 Å². The highest BCUT2D eigenvalue weighted by Crippen LogP contribution is 2.28. The Morgan fingerprint density at radius 1 is 1.13 bits per heavy atom. The lowest BCUT2D eigenvalue weighted by molar-refractivity contribution is 0.102. The summed E-state index contributed by atoms with van der Waals surface area (Å²) in [4.78, 5) is 17.6. The molecule has 0 atom stereocenters. The lowest BCUT2D eigenvalue weighted by Gasteiger charge is -2.22. The lowest BCUT2D eigenvalue weighted by Crippen LogP contribution is -2.22. The number of hydrogen-bond donors (Lipinski definition) is 1. The van der Waals surface area contributed by atoms with E-state index in [1.807, 2.05) is 35.9 Å². The first-order valence-corrected chi connectivity index (χ1v) is 11.4. The van der Waals surface area contributed by atoms with E-state index in [0.717, 1.165) is 42.6 Å². The number of aromatic nitrogens is 3. The summed E-state index contributed by atoms with van der Waals surface area (Å²) in [5.74, 6) is -0.156. The summed E-state index contributed by atoms with van der Waals surface area (Å²) in [6.45, 7) is 10.3. The van der Waals surface area contributed by atoms with Crippen molar-refractivity contribution in [1.29, 1.82) is 0 Å². The van der Waals surface area contributed by atoms with Crippen molar-refractivity contribution in [2.24, 2.45) is 0 Å². The van der Waals surface area contributed by atoms with Crippen molar-refractivity contribution in [1.82, 2.24) is 14.8 Å². The van der Waals surface area contributed by atoms with Crippen molar-refractivity contribution in [3.63, 3.8) is 0 Å². The lowest BCUT2D eigenvalue weighted by atomic mass is 10.1. The number of anilines is 3. The highest BCUT2D eigenvalue weighted by molar-refractivity contribution is 7.17. The second-order valence-corrected chi connectivity index (χ2v) is 8.38. The van der Waals surface area contributed by atoms with Gasteiger partial charge in [0, 0.05) is 43.8 Å². The third kappa shape index (κ3) is 4.05. The smallest absolute Gasteiger partial charge is 0.272 e. The minimum absolute atomic E-state index is 0.156. The first kappa shape index (κ1) is 20.4. The normalized spacial score (nSPS) is 13.6. The fourth-order valence-electron chi connectivity index (χ4n) is 3.83. The van der Waals surface area contributed by atoms with Crippen LogP contribution in [0.15, 0.2) is 36.5 Å². The number of amides is 1. The van der Waals surface area contributed by atoms with Gasteiger partial charge < -0.3 is 15.1 Å². The highest BCUT2D eigenvalue weighted by atomic mass is 32.1. The Labute approximate surface area is 181 Å². The summed E-state index contributed by atoms with van der Waals surface area (Å²) in [7, 11) is 0. The van der Waals surface area contributed by atoms with E-state index in [1.54, 1.807) is 0 Å². The second-order valence-electron chi connectivity index (χ2n) is 7.45. The molecule has 30 heavy (non-hydrogen) atoms. The molecule has 1 N–H and O–H groups in total. The van der Waals surface area contributed by atoms with Gasteiger partial charge in [-0.1, -0.05) is 11.3 Å². The van der Waals surface area contributed by atoms with E-state index >= 15 is 0 Å². The maximum atomic E-state index is 13.0. The number of hydrogen-bond acceptors (Lipinski definition) is 6. The molecular formula is C22H28N6OS. The molecule has 0 unspecified atom stereocenters. The fourth-order valence-corrected chi connectivity index (χ4v) is 4.73. The van der Waals surface area contributed by atoms with Crippen LogP contribution in [0.5, 0.6) is 0 Å². The van der Waals surface area contributed by atoms with Crippen LogP contribution >= 0.6 is 11.3 Å². The van der Waals surface area contributed by atoms with Gasteiger partial charge in [-0.2, -0.15) is 0 Å². The zero-order chi connectivity index (χ0) is 21.1. The highest BCUT2D eigenvalue weighted by Gasteiger charge is 2.20. The van der Waals surface area contributed by atoms with E-state index in [1.165, 1.54) is 29.9 Å². The molecule has 2 aromatic heterocycles. The van der Waals surface area contributed by atoms with Crippen LogP contribution in [0.4, 0.5) is 16.5 Å². The molecule has 4 rings (SSSR count). The molecule has 8 heteroatoms. The summed E-state index contributed by atoms with van der Waals surface area (Å²) < 4.78 is 1.81. The van der Waals surface area contributed by atoms with Gasteiger partial charge in [0.25, 0.3) is 5.91 Å². The Kier molecular flexibility index (Phi) is 6.03. The largest absolute Gasteiger partial charge is 0.372 e. The van der Waals surface area contributed by atoms with Crippen LogP contribution in [0.25, 0.3) is 5.13 Å². The average molecular weight is 425 g/mol. The summed E-state index contributed by atoms with van der Waals surface area (Å²) in [6, 6.07) is 9.83. The molecule has 1 aromatic carbocycles. The SMILES string of the molecule is CCN(CC)c1ccc(NC(=O)c2cccn2-c2nnc(N3CCCC3)s2)c(C)c1. The predicted octanol–water partition coefficient (Wildman–Crippen LogP) is 4.34. The Morgan fingerprint density at radius 2 is 1.87 bits per heavy atom. The fraction of sp³-hybridized carbons (Fsp3) is 0.409. The maximum Gasteiger partial charge on any atom is 0.272 e. The number of rotatable bonds is 7. The molecule has 7 nitrogen and oxygen atoms in total. The molecule has 0 saturated carbocycles. The molecule has 1 aliphatic heterocycles. The number of aryl methyl sites for hydroxylation is 1. The van der Waals surface area contributed by atoms with Crippen LogP contribution < -0.4 is 15.1 Å². The maximum absolute atomic E-state index is 13.0. The summed E-state index contributed by atoms with van der Waals surface area (Å²) in [5.41, 5.74) is 3.57. The van der Waals surface area contributed by atoms with Crippen molar-refractivity contribution in [3.05, 3.63) is 47.8 Å². The monoisotopic (exact) mass is 424 g/mol. The van der Waals surface area contributed by atoms with Gasteiger partial charge in [0.1, 0.15) is 5.69 Å². The Bertz CT molecular complexity index is 1020. The van der Waals surface area contributed by atoms with Gasteiger partial charge in [0.15, 0.2) is 0 Å². The van der Waals surface area contributed by atoms with Crippen molar-refractivity contribution in [2.45, 2.75) is 33.6 Å². The van der Waals surface area contributed by atoms with Gasteiger partial charge in [-0.25, -0.2) is 0 Å². The van der Waals surface area contributed by atoms with Gasteiger partial charge in [-0.15, -0.1) is 10.2 Å². The minimum Gasteiger partial charge on any atom is -0.372 e. The Hall–Kier alpha value is -2.87. The molecule has 0 aliphatic carbocycles. The average Bonchev–Trinajstić information content (AvgIpc) is 3.50. The van der Waals surface area contributed by atoms with Crippen LogP contribution in [0.2, 0.25) is 0 Å². The van der Waals surface area contributed by atoms with Crippen LogP contribution in [0, 0.1) is 6.92 Å². The summed E-state index contributed by atoms with van der Waals surface area (Å²) in [5, 5.41) is 13.3. The Morgan fingerprint density at radius 3 is 2.57 bits per heavy atom. The van der Waals surface area contributed by atoms with Crippen LogP contribution in [0.3, 0.4) is 0 Å². The van der Waals surface area contributed by atoms with Gasteiger partial charge in [-0.05, 0) is 69.5 Å². The van der Waals surface area contributed by atoms with E-state index in [2.05, 4.69) is 51.3 Å². The van der Waals surface area contributed by atoms with Crippen molar-refractivity contribution in [2.75, 3.05) is 41.3 Å². The number of nitrogens with one attached hydrogen (secondary N) is 1. The zero-order valence-corrected chi connectivity index (χ0v) is 18.6.